The van der Waals surface area contributed by atoms with E-state index in [1.54, 1.807) is 23.5 Å². The molecular formula is C52H36N4S3. The number of hydrogen-bond acceptors (Lipinski definition) is 7. The summed E-state index contributed by atoms with van der Waals surface area (Å²) in [7, 11) is 0. The molecule has 0 atom stereocenters. The predicted octanol–water partition coefficient (Wildman–Crippen LogP) is 16.3. The van der Waals surface area contributed by atoms with Crippen LogP contribution < -0.4 is 21.3 Å². The van der Waals surface area contributed by atoms with E-state index in [1.165, 1.54) is 62.7 Å². The van der Waals surface area contributed by atoms with Gasteiger partial charge in [0.2, 0.25) is 0 Å². The van der Waals surface area contributed by atoms with Crippen molar-refractivity contribution in [3.8, 4) is 43.1 Å². The van der Waals surface area contributed by atoms with E-state index in [9.17, 15) is 0 Å². The highest BCUT2D eigenvalue weighted by molar-refractivity contribution is 8.00. The Morgan fingerprint density at radius 1 is 0.322 bits per heavy atom. The van der Waals surface area contributed by atoms with Crippen LogP contribution in [0.1, 0.15) is 0 Å². The quantitative estimate of drug-likeness (QED) is 0.123. The summed E-state index contributed by atoms with van der Waals surface area (Å²) in [6.45, 7) is 0. The van der Waals surface area contributed by atoms with Gasteiger partial charge in [0.25, 0.3) is 0 Å². The maximum absolute atomic E-state index is 3.72. The third-order valence-corrected chi connectivity index (χ3v) is 14.2. The Kier molecular flexibility index (Phi) is 9.19. The molecule has 0 saturated carbocycles. The van der Waals surface area contributed by atoms with Crippen LogP contribution in [-0.4, -0.2) is 0 Å². The lowest BCUT2D eigenvalue weighted by atomic mass is 9.91. The average Bonchev–Trinajstić information content (AvgIpc) is 3.70. The monoisotopic (exact) mass is 812 g/mol. The lowest BCUT2D eigenvalue weighted by molar-refractivity contribution is 1.31. The van der Waals surface area contributed by atoms with Gasteiger partial charge >= 0.3 is 0 Å². The second-order valence-corrected chi connectivity index (χ2v) is 17.6. The van der Waals surface area contributed by atoms with Crippen LogP contribution in [0.25, 0.3) is 43.1 Å². The highest BCUT2D eigenvalue weighted by atomic mass is 32.2. The summed E-state index contributed by atoms with van der Waals surface area (Å²) in [4.78, 5) is 7.38. The number of benzene rings is 8. The first-order chi connectivity index (χ1) is 29.2. The molecule has 0 aliphatic carbocycles. The van der Waals surface area contributed by atoms with Gasteiger partial charge in [-0.05, 0) is 95.1 Å². The van der Waals surface area contributed by atoms with Crippen molar-refractivity contribution < 1.29 is 0 Å². The number of nitrogens with one attached hydrogen (secondary N) is 4. The first kappa shape index (κ1) is 35.5. The molecule has 3 heterocycles. The Balaban J connectivity index is 0.947. The lowest BCUT2D eigenvalue weighted by Crippen LogP contribution is -2.03. The Labute approximate surface area is 356 Å². The minimum absolute atomic E-state index is 1.04. The Bertz CT molecular complexity index is 2780. The molecule has 11 rings (SSSR count). The maximum Gasteiger partial charge on any atom is 0.0765 e. The van der Waals surface area contributed by atoms with Crippen LogP contribution in [0.2, 0.25) is 0 Å². The zero-order valence-electron chi connectivity index (χ0n) is 31.7. The fraction of sp³-hybridized carbons (Fsp3) is 0. The summed E-state index contributed by atoms with van der Waals surface area (Å²) in [5.74, 6) is 0. The van der Waals surface area contributed by atoms with Gasteiger partial charge in [-0.15, -0.1) is 11.3 Å². The van der Waals surface area contributed by atoms with Crippen molar-refractivity contribution in [1.82, 2.24) is 0 Å². The van der Waals surface area contributed by atoms with Crippen LogP contribution in [0.15, 0.2) is 214 Å². The van der Waals surface area contributed by atoms with Crippen LogP contribution in [0, 0.1) is 0 Å². The van der Waals surface area contributed by atoms with E-state index in [0.29, 0.717) is 0 Å². The minimum atomic E-state index is 1.04. The molecule has 0 amide bonds. The van der Waals surface area contributed by atoms with E-state index in [2.05, 4.69) is 215 Å². The molecule has 0 spiro atoms. The first-order valence-corrected chi connectivity index (χ1v) is 22.0. The summed E-state index contributed by atoms with van der Waals surface area (Å²) in [5.41, 5.74) is 15.9. The number of thiophene rings is 1. The normalized spacial score (nSPS) is 12.2. The SMILES string of the molecule is c1ccc(-c2c(-c3ccc(Nc4cccc5c4Nc4ccccc4S5)cc3)sc(-c3ccc(Nc4cccc5c4Nc4ccccc4S5)cc3)c2-c2ccccc2)cc1. The predicted molar refractivity (Wildman–Crippen MR) is 253 cm³/mol. The lowest BCUT2D eigenvalue weighted by Gasteiger charge is -2.23. The number of fused-ring (bicyclic) bond motifs is 4. The maximum atomic E-state index is 3.72. The molecule has 2 aliphatic heterocycles. The smallest absolute Gasteiger partial charge is 0.0765 e. The molecule has 0 radical (unpaired) electrons. The van der Waals surface area contributed by atoms with Gasteiger partial charge in [0, 0.05) is 51.8 Å². The second-order valence-electron chi connectivity index (χ2n) is 14.5. The van der Waals surface area contributed by atoms with Crippen molar-refractivity contribution in [3.63, 3.8) is 0 Å². The van der Waals surface area contributed by atoms with Crippen molar-refractivity contribution >= 4 is 80.4 Å². The molecule has 282 valence electrons. The molecule has 4 N–H and O–H groups in total. The van der Waals surface area contributed by atoms with Gasteiger partial charge in [-0.3, -0.25) is 0 Å². The molecule has 0 unspecified atom stereocenters. The molecule has 7 heteroatoms. The van der Waals surface area contributed by atoms with Crippen LogP contribution in [0.4, 0.5) is 45.5 Å². The van der Waals surface area contributed by atoms with E-state index < -0.39 is 0 Å². The van der Waals surface area contributed by atoms with E-state index in [1.807, 2.05) is 11.3 Å². The Morgan fingerprint density at radius 2 is 0.712 bits per heavy atom. The summed E-state index contributed by atoms with van der Waals surface area (Å²) in [6.07, 6.45) is 0. The summed E-state index contributed by atoms with van der Waals surface area (Å²) >= 11 is 5.46. The molecule has 0 fully saturated rings. The molecule has 0 bridgehead atoms. The summed E-state index contributed by atoms with van der Waals surface area (Å²) < 4.78 is 0. The number of hydrogen-bond donors (Lipinski definition) is 4. The van der Waals surface area contributed by atoms with E-state index in [0.717, 1.165) is 45.5 Å². The molecule has 2 aliphatic rings. The minimum Gasteiger partial charge on any atom is -0.354 e. The van der Waals surface area contributed by atoms with Crippen LogP contribution in [-0.2, 0) is 0 Å². The fourth-order valence-electron chi connectivity index (χ4n) is 7.84. The molecule has 4 nitrogen and oxygen atoms in total. The van der Waals surface area contributed by atoms with Crippen LogP contribution in [0.5, 0.6) is 0 Å². The molecule has 1 aromatic heterocycles. The largest absolute Gasteiger partial charge is 0.354 e. The van der Waals surface area contributed by atoms with Gasteiger partial charge in [-0.1, -0.05) is 145 Å². The third-order valence-electron chi connectivity index (χ3n) is 10.7. The Morgan fingerprint density at radius 3 is 1.15 bits per heavy atom. The van der Waals surface area contributed by atoms with Crippen molar-refractivity contribution in [2.45, 2.75) is 19.6 Å². The van der Waals surface area contributed by atoms with Crippen molar-refractivity contribution in [2.24, 2.45) is 0 Å². The van der Waals surface area contributed by atoms with Gasteiger partial charge in [-0.25, -0.2) is 0 Å². The van der Waals surface area contributed by atoms with Crippen molar-refractivity contribution in [3.05, 3.63) is 194 Å². The van der Waals surface area contributed by atoms with Gasteiger partial charge in [0.05, 0.1) is 34.1 Å². The van der Waals surface area contributed by atoms with E-state index in [4.69, 9.17) is 0 Å². The number of para-hydroxylation sites is 4. The standard InChI is InChI=1S/C52H36N4S3/c1-3-13-33(14-4-1)47-48(34-15-5-2-6-16-34)52(36-27-31-38(32-28-36)54-42-20-12-24-46-50(42)56-40-18-8-10-22-44(40)58-46)59-51(47)35-25-29-37(30-26-35)53-41-19-11-23-45-49(41)55-39-17-7-9-21-43(39)57-45/h1-32,53-56H. The number of rotatable bonds is 8. The highest BCUT2D eigenvalue weighted by Gasteiger charge is 2.24. The van der Waals surface area contributed by atoms with Crippen molar-refractivity contribution in [1.29, 1.82) is 0 Å². The highest BCUT2D eigenvalue weighted by Crippen LogP contribution is 2.53. The topological polar surface area (TPSA) is 48.1 Å². The van der Waals surface area contributed by atoms with Gasteiger partial charge < -0.3 is 21.3 Å². The van der Waals surface area contributed by atoms with Gasteiger partial charge in [0.1, 0.15) is 0 Å². The molecule has 9 aromatic rings. The molecule has 0 saturated heterocycles. The molecule has 59 heavy (non-hydrogen) atoms. The summed E-state index contributed by atoms with van der Waals surface area (Å²) in [5, 5.41) is 14.8. The molecule has 8 aromatic carbocycles. The summed E-state index contributed by atoms with van der Waals surface area (Å²) in [6, 6.07) is 69.3. The van der Waals surface area contributed by atoms with Crippen LogP contribution >= 0.6 is 34.9 Å². The first-order valence-electron chi connectivity index (χ1n) is 19.6. The third kappa shape index (κ3) is 6.83. The van der Waals surface area contributed by atoms with E-state index >= 15 is 0 Å². The molecular weight excluding hydrogens is 777 g/mol. The van der Waals surface area contributed by atoms with Crippen LogP contribution in [0.3, 0.4) is 0 Å². The van der Waals surface area contributed by atoms with Gasteiger partial charge in [0.15, 0.2) is 0 Å². The zero-order chi connectivity index (χ0) is 39.1. The fourth-order valence-corrected chi connectivity index (χ4v) is 11.2. The zero-order valence-corrected chi connectivity index (χ0v) is 34.1. The second kappa shape index (κ2) is 15.3. The van der Waals surface area contributed by atoms with Gasteiger partial charge in [-0.2, -0.15) is 0 Å². The van der Waals surface area contributed by atoms with E-state index in [-0.39, 0.29) is 0 Å². The number of anilines is 8. The Hall–Kier alpha value is -6.64. The average molecular weight is 813 g/mol. The van der Waals surface area contributed by atoms with Crippen molar-refractivity contribution in [2.75, 3.05) is 21.3 Å².